The second kappa shape index (κ2) is 10.5. The van der Waals surface area contributed by atoms with E-state index in [2.05, 4.69) is 53.4 Å². The first kappa shape index (κ1) is 25.3. The van der Waals surface area contributed by atoms with Gasteiger partial charge in [-0.2, -0.15) is 0 Å². The van der Waals surface area contributed by atoms with Crippen molar-refractivity contribution in [3.63, 3.8) is 0 Å². The molecule has 4 aromatic rings. The van der Waals surface area contributed by atoms with Crippen molar-refractivity contribution < 1.29 is 19.0 Å². The molecule has 4 nitrogen and oxygen atoms in total. The fourth-order valence-electron chi connectivity index (χ4n) is 4.48. The zero-order chi connectivity index (χ0) is 25.3. The van der Waals surface area contributed by atoms with Crippen LogP contribution in [0.4, 0.5) is 4.39 Å². The van der Waals surface area contributed by atoms with Crippen molar-refractivity contribution in [2.45, 2.75) is 44.9 Å². The van der Waals surface area contributed by atoms with E-state index in [9.17, 15) is 14.3 Å². The summed E-state index contributed by atoms with van der Waals surface area (Å²) in [5, 5.41) is 11.0. The Morgan fingerprint density at radius 2 is 1.74 bits per heavy atom. The molecule has 0 bridgehead atoms. The summed E-state index contributed by atoms with van der Waals surface area (Å²) in [6, 6.07) is 14.1. The van der Waals surface area contributed by atoms with Crippen LogP contribution in [0.1, 0.15) is 45.2 Å². The van der Waals surface area contributed by atoms with Crippen LogP contribution in [-0.4, -0.2) is 22.2 Å². The van der Waals surface area contributed by atoms with Crippen LogP contribution in [0.3, 0.4) is 0 Å². The van der Waals surface area contributed by atoms with E-state index >= 15 is 0 Å². The van der Waals surface area contributed by atoms with Crippen LogP contribution in [0.5, 0.6) is 5.75 Å². The first-order valence-corrected chi connectivity index (χ1v) is 13.1. The number of aryl methyl sites for hydroxylation is 3. The lowest BCUT2D eigenvalue weighted by atomic mass is 10.1. The maximum absolute atomic E-state index is 13.6. The molecule has 0 aliphatic heterocycles. The van der Waals surface area contributed by atoms with Crippen LogP contribution in [0.15, 0.2) is 57.9 Å². The first-order chi connectivity index (χ1) is 16.7. The van der Waals surface area contributed by atoms with Gasteiger partial charge in [0.1, 0.15) is 11.6 Å². The Balaban J connectivity index is 1.90. The van der Waals surface area contributed by atoms with Crippen LogP contribution < -0.4 is 0 Å². The van der Waals surface area contributed by atoms with Crippen molar-refractivity contribution in [1.29, 1.82) is 0 Å². The van der Waals surface area contributed by atoms with Crippen molar-refractivity contribution in [3.05, 3.63) is 92.3 Å². The Morgan fingerprint density at radius 1 is 1.09 bits per heavy atom. The molecule has 0 spiro atoms. The van der Waals surface area contributed by atoms with E-state index in [1.165, 1.54) is 33.7 Å². The molecule has 0 amide bonds. The van der Waals surface area contributed by atoms with Gasteiger partial charge < -0.3 is 14.4 Å². The molecule has 0 fully saturated rings. The highest BCUT2D eigenvalue weighted by Crippen LogP contribution is 2.39. The Kier molecular flexibility index (Phi) is 7.57. The largest absolute Gasteiger partial charge is 0.507 e. The van der Waals surface area contributed by atoms with Gasteiger partial charge in [-0.05, 0) is 84.6 Å². The molecule has 0 aliphatic rings. The number of carbonyl (C=O) groups excluding carboxylic acids is 1. The molecule has 0 aliphatic carbocycles. The minimum atomic E-state index is -0.426. The molecule has 1 heterocycles. The Bertz CT molecular complexity index is 1390. The number of aromatic hydroxyl groups is 1. The molecular formula is C28H27BrFNO3S. The van der Waals surface area contributed by atoms with Gasteiger partial charge in [0.2, 0.25) is 0 Å². The predicted octanol–water partition coefficient (Wildman–Crippen LogP) is 7.69. The highest BCUT2D eigenvalue weighted by Gasteiger charge is 2.25. The number of nitrogens with zero attached hydrogens (tertiary/aromatic N) is 1. The van der Waals surface area contributed by atoms with E-state index in [4.69, 9.17) is 4.74 Å². The molecule has 0 saturated heterocycles. The molecule has 7 heteroatoms. The van der Waals surface area contributed by atoms with E-state index < -0.39 is 5.97 Å². The summed E-state index contributed by atoms with van der Waals surface area (Å²) >= 11 is 5.09. The van der Waals surface area contributed by atoms with Gasteiger partial charge in [-0.15, -0.1) is 11.8 Å². The van der Waals surface area contributed by atoms with Gasteiger partial charge in [-0.3, -0.25) is 0 Å². The minimum absolute atomic E-state index is 0.0476. The normalized spacial score (nSPS) is 11.3. The molecule has 1 aromatic heterocycles. The van der Waals surface area contributed by atoms with Crippen molar-refractivity contribution in [2.24, 2.45) is 0 Å². The monoisotopic (exact) mass is 555 g/mol. The summed E-state index contributed by atoms with van der Waals surface area (Å²) in [5.41, 5.74) is 6.51. The summed E-state index contributed by atoms with van der Waals surface area (Å²) < 4.78 is 21.6. The number of phenolic OH excluding ortho intramolecular Hbond substituents is 1. The molecule has 0 radical (unpaired) electrons. The number of benzene rings is 3. The minimum Gasteiger partial charge on any atom is -0.507 e. The summed E-state index contributed by atoms with van der Waals surface area (Å²) in [6.07, 6.45) is 0. The molecule has 0 unspecified atom stereocenters. The Morgan fingerprint density at radius 3 is 2.37 bits per heavy atom. The van der Waals surface area contributed by atoms with Crippen molar-refractivity contribution in [1.82, 2.24) is 4.57 Å². The highest BCUT2D eigenvalue weighted by molar-refractivity contribution is 9.10. The van der Waals surface area contributed by atoms with Crippen LogP contribution in [0.2, 0.25) is 0 Å². The summed E-state index contributed by atoms with van der Waals surface area (Å²) in [6.45, 7) is 8.73. The van der Waals surface area contributed by atoms with Crippen molar-refractivity contribution >= 4 is 44.6 Å². The number of halogens is 2. The predicted molar refractivity (Wildman–Crippen MR) is 143 cm³/mol. The topological polar surface area (TPSA) is 51.5 Å². The Hall–Kier alpha value is -2.77. The lowest BCUT2D eigenvalue weighted by Crippen LogP contribution is -2.10. The number of hydrogen-bond acceptors (Lipinski definition) is 4. The highest BCUT2D eigenvalue weighted by atomic mass is 79.9. The molecule has 182 valence electrons. The third-order valence-corrected chi connectivity index (χ3v) is 7.92. The molecule has 0 saturated carbocycles. The molecular weight excluding hydrogens is 529 g/mol. The second-order valence-electron chi connectivity index (χ2n) is 8.59. The van der Waals surface area contributed by atoms with Gasteiger partial charge in [0, 0.05) is 28.3 Å². The molecule has 0 atom stereocenters. The zero-order valence-corrected chi connectivity index (χ0v) is 22.5. The van der Waals surface area contributed by atoms with Crippen LogP contribution >= 0.6 is 27.7 Å². The smallest absolute Gasteiger partial charge is 0.340 e. The third-order valence-electron chi connectivity index (χ3n) is 5.93. The molecule has 4 rings (SSSR count). The van der Waals surface area contributed by atoms with E-state index in [0.717, 1.165) is 16.8 Å². The summed E-state index contributed by atoms with van der Waals surface area (Å²) in [5.74, 6) is -0.156. The number of phenols is 1. The number of hydrogen-bond donors (Lipinski definition) is 1. The van der Waals surface area contributed by atoms with Crippen LogP contribution in [0.25, 0.3) is 10.9 Å². The van der Waals surface area contributed by atoms with E-state index in [1.54, 1.807) is 36.9 Å². The maximum Gasteiger partial charge on any atom is 0.340 e. The first-order valence-electron chi connectivity index (χ1n) is 11.3. The van der Waals surface area contributed by atoms with Crippen molar-refractivity contribution in [2.75, 3.05) is 6.61 Å². The fourth-order valence-corrected chi connectivity index (χ4v) is 5.97. The number of thioether (sulfide) groups is 1. The quantitative estimate of drug-likeness (QED) is 0.187. The fraction of sp³-hybridized carbons (Fsp3) is 0.250. The second-order valence-corrected chi connectivity index (χ2v) is 10.4. The standard InChI is InChI=1S/C28H27BrFNO3S/c1-5-34-28(33)26-21-12-25(32)22(29)13-23(21)31(14-19-6-8-20(30)9-7-19)24(26)15-35-27-17(3)10-16(2)11-18(27)4/h6-13,32H,5,14-15H2,1-4H3. The van der Waals surface area contributed by atoms with Gasteiger partial charge in [-0.25, -0.2) is 9.18 Å². The van der Waals surface area contributed by atoms with E-state index in [0.29, 0.717) is 27.7 Å². The average molecular weight is 556 g/mol. The van der Waals surface area contributed by atoms with Gasteiger partial charge in [0.15, 0.2) is 0 Å². The lowest BCUT2D eigenvalue weighted by molar-refractivity contribution is 0.0527. The number of rotatable bonds is 7. The maximum atomic E-state index is 13.6. The Labute approximate surface area is 217 Å². The van der Waals surface area contributed by atoms with Crippen LogP contribution in [-0.2, 0) is 17.0 Å². The summed E-state index contributed by atoms with van der Waals surface area (Å²) in [4.78, 5) is 14.4. The van der Waals surface area contributed by atoms with Gasteiger partial charge in [-0.1, -0.05) is 29.8 Å². The van der Waals surface area contributed by atoms with E-state index in [1.807, 2.05) is 6.07 Å². The lowest BCUT2D eigenvalue weighted by Gasteiger charge is -2.15. The molecule has 3 aromatic carbocycles. The van der Waals surface area contributed by atoms with Gasteiger partial charge in [0.05, 0.1) is 22.2 Å². The van der Waals surface area contributed by atoms with Crippen molar-refractivity contribution in [3.8, 4) is 5.75 Å². The van der Waals surface area contributed by atoms with Crippen LogP contribution in [0, 0.1) is 26.6 Å². The van der Waals surface area contributed by atoms with E-state index in [-0.39, 0.29) is 18.2 Å². The summed E-state index contributed by atoms with van der Waals surface area (Å²) in [7, 11) is 0. The number of aromatic nitrogens is 1. The zero-order valence-electron chi connectivity index (χ0n) is 20.1. The molecule has 1 N–H and O–H groups in total. The van der Waals surface area contributed by atoms with Gasteiger partial charge >= 0.3 is 5.97 Å². The number of carbonyl (C=O) groups is 1. The molecule has 35 heavy (non-hydrogen) atoms. The third kappa shape index (κ3) is 5.26. The number of ether oxygens (including phenoxy) is 1. The van der Waals surface area contributed by atoms with Gasteiger partial charge in [0.25, 0.3) is 0 Å². The SMILES string of the molecule is CCOC(=O)c1c(CSc2c(C)cc(C)cc2C)n(Cc2ccc(F)cc2)c2cc(Br)c(O)cc12. The average Bonchev–Trinajstić information content (AvgIpc) is 3.07. The number of fused-ring (bicyclic) bond motifs is 1. The number of esters is 1.